The molecule has 0 heterocycles. The van der Waals surface area contributed by atoms with Gasteiger partial charge in [-0.15, -0.1) is 6.42 Å². The van der Waals surface area contributed by atoms with E-state index in [9.17, 15) is 4.79 Å². The average Bonchev–Trinajstić information content (AvgIpc) is 2.67. The normalized spacial score (nSPS) is 18.9. The predicted molar refractivity (Wildman–Crippen MR) is 43.8 cm³/mol. The zero-order valence-corrected chi connectivity index (χ0v) is 6.55. The lowest BCUT2D eigenvalue weighted by atomic mass is 10.1. The minimum absolute atomic E-state index is 0.0656. The van der Waals surface area contributed by atoms with Gasteiger partial charge in [0, 0.05) is 12.5 Å². The van der Waals surface area contributed by atoms with Crippen molar-refractivity contribution in [2.75, 3.05) is 0 Å². The lowest BCUT2D eigenvalue weighted by Crippen LogP contribution is -2.25. The maximum atomic E-state index is 11.0. The van der Waals surface area contributed by atoms with Crippen molar-refractivity contribution in [2.24, 2.45) is 11.7 Å². The summed E-state index contributed by atoms with van der Waals surface area (Å²) in [6.45, 7) is 0. The second-order valence-electron chi connectivity index (χ2n) is 3.12. The molecule has 1 rings (SSSR count). The maximum Gasteiger partial charge on any atom is 0.146 e. The Kier molecular flexibility index (Phi) is 2.67. The van der Waals surface area contributed by atoms with Crippen LogP contribution in [0.25, 0.3) is 0 Å². The number of rotatable bonds is 4. The van der Waals surface area contributed by atoms with Crippen molar-refractivity contribution in [1.29, 1.82) is 0 Å². The smallest absolute Gasteiger partial charge is 0.146 e. The van der Waals surface area contributed by atoms with Crippen LogP contribution in [0.1, 0.15) is 25.7 Å². The number of carbonyl (C=O) groups is 1. The first-order valence-corrected chi connectivity index (χ1v) is 3.94. The molecule has 0 aromatic heterocycles. The molecule has 2 N–H and O–H groups in total. The molecule has 0 spiro atoms. The molecule has 0 amide bonds. The van der Waals surface area contributed by atoms with Crippen LogP contribution >= 0.6 is 0 Å². The molecule has 0 aromatic carbocycles. The summed E-state index contributed by atoms with van der Waals surface area (Å²) in [6, 6.07) is 0.0656. The Labute approximate surface area is 67.2 Å². The van der Waals surface area contributed by atoms with E-state index in [1.165, 1.54) is 12.8 Å². The monoisotopic (exact) mass is 151 g/mol. The van der Waals surface area contributed by atoms with Gasteiger partial charge in [0.2, 0.25) is 0 Å². The van der Waals surface area contributed by atoms with Gasteiger partial charge in [0.05, 0.1) is 6.42 Å². The fraction of sp³-hybridized carbons (Fsp3) is 0.667. The molecule has 1 fully saturated rings. The summed E-state index contributed by atoms with van der Waals surface area (Å²) in [5.74, 6) is 3.02. The highest BCUT2D eigenvalue weighted by Gasteiger charge is 2.29. The second kappa shape index (κ2) is 3.54. The Balaban J connectivity index is 2.18. The van der Waals surface area contributed by atoms with Crippen molar-refractivity contribution in [1.82, 2.24) is 0 Å². The summed E-state index contributed by atoms with van der Waals surface area (Å²) in [7, 11) is 0. The lowest BCUT2D eigenvalue weighted by Gasteiger charge is -2.06. The molecular weight excluding hydrogens is 138 g/mol. The molecule has 1 atom stereocenters. The highest BCUT2D eigenvalue weighted by atomic mass is 16.1. The number of ketones is 1. The standard InChI is InChI=1S/C9H13NO/c1-2-3-8(11)6-9(10)7-4-5-7/h1,7,9H,3-6,10H2. The minimum Gasteiger partial charge on any atom is -0.327 e. The number of hydrogen-bond acceptors (Lipinski definition) is 2. The van der Waals surface area contributed by atoms with Gasteiger partial charge in [-0.1, -0.05) is 5.92 Å². The van der Waals surface area contributed by atoms with Gasteiger partial charge in [-0.25, -0.2) is 0 Å². The van der Waals surface area contributed by atoms with E-state index in [0.717, 1.165) is 0 Å². The van der Waals surface area contributed by atoms with E-state index in [4.69, 9.17) is 12.2 Å². The fourth-order valence-corrected chi connectivity index (χ4v) is 1.14. The summed E-state index contributed by atoms with van der Waals surface area (Å²) in [5, 5.41) is 0. The lowest BCUT2D eigenvalue weighted by molar-refractivity contribution is -0.118. The van der Waals surface area contributed by atoms with Crippen molar-refractivity contribution >= 4 is 5.78 Å². The van der Waals surface area contributed by atoms with Crippen molar-refractivity contribution in [3.05, 3.63) is 0 Å². The summed E-state index contributed by atoms with van der Waals surface area (Å²) in [5.41, 5.74) is 5.72. The van der Waals surface area contributed by atoms with Crippen LogP contribution in [0.5, 0.6) is 0 Å². The maximum absolute atomic E-state index is 11.0. The molecule has 1 aliphatic carbocycles. The Morgan fingerprint density at radius 2 is 2.36 bits per heavy atom. The van der Waals surface area contributed by atoms with Crippen LogP contribution in [0.15, 0.2) is 0 Å². The van der Waals surface area contributed by atoms with Crippen molar-refractivity contribution < 1.29 is 4.79 Å². The molecule has 0 bridgehead atoms. The van der Waals surface area contributed by atoms with Crippen molar-refractivity contribution in [2.45, 2.75) is 31.7 Å². The number of carbonyl (C=O) groups excluding carboxylic acids is 1. The molecule has 0 aliphatic heterocycles. The second-order valence-corrected chi connectivity index (χ2v) is 3.12. The largest absolute Gasteiger partial charge is 0.327 e. The van der Waals surface area contributed by atoms with E-state index in [2.05, 4.69) is 5.92 Å². The highest BCUT2D eigenvalue weighted by molar-refractivity contribution is 5.81. The topological polar surface area (TPSA) is 43.1 Å². The van der Waals surface area contributed by atoms with E-state index in [1.54, 1.807) is 0 Å². The zero-order chi connectivity index (χ0) is 8.27. The van der Waals surface area contributed by atoms with Gasteiger partial charge in [-0.2, -0.15) is 0 Å². The number of hydrogen-bond donors (Lipinski definition) is 1. The first kappa shape index (κ1) is 8.29. The van der Waals surface area contributed by atoms with Crippen molar-refractivity contribution in [3.63, 3.8) is 0 Å². The molecule has 2 heteroatoms. The van der Waals surface area contributed by atoms with Crippen LogP contribution in [-0.2, 0) is 4.79 Å². The molecule has 2 nitrogen and oxygen atoms in total. The van der Waals surface area contributed by atoms with Crippen LogP contribution < -0.4 is 5.73 Å². The number of terminal acetylenes is 1. The van der Waals surface area contributed by atoms with Crippen LogP contribution in [0, 0.1) is 18.3 Å². The average molecular weight is 151 g/mol. The predicted octanol–water partition coefficient (Wildman–Crippen LogP) is 0.706. The molecule has 0 radical (unpaired) electrons. The first-order valence-electron chi connectivity index (χ1n) is 3.94. The molecular formula is C9H13NO. The SMILES string of the molecule is C#CCC(=O)CC(N)C1CC1. The van der Waals surface area contributed by atoms with E-state index in [1.807, 2.05) is 0 Å². The van der Waals surface area contributed by atoms with Gasteiger partial charge in [0.25, 0.3) is 0 Å². The number of nitrogens with two attached hydrogens (primary N) is 1. The molecule has 60 valence electrons. The fourth-order valence-electron chi connectivity index (χ4n) is 1.14. The van der Waals surface area contributed by atoms with Gasteiger partial charge in [0.1, 0.15) is 5.78 Å². The van der Waals surface area contributed by atoms with Gasteiger partial charge in [0.15, 0.2) is 0 Å². The van der Waals surface area contributed by atoms with Gasteiger partial charge >= 0.3 is 0 Å². The third-order valence-electron chi connectivity index (χ3n) is 1.99. The Morgan fingerprint density at radius 1 is 1.73 bits per heavy atom. The summed E-state index contributed by atoms with van der Waals surface area (Å²) in [4.78, 5) is 11.0. The molecule has 11 heavy (non-hydrogen) atoms. The molecule has 1 saturated carbocycles. The summed E-state index contributed by atoms with van der Waals surface area (Å²) in [6.07, 6.45) is 8.06. The molecule has 1 unspecified atom stereocenters. The van der Waals surface area contributed by atoms with Crippen molar-refractivity contribution in [3.8, 4) is 12.3 Å². The molecule has 0 aromatic rings. The molecule has 0 saturated heterocycles. The zero-order valence-electron chi connectivity index (χ0n) is 6.55. The summed E-state index contributed by atoms with van der Waals surface area (Å²) >= 11 is 0. The van der Waals surface area contributed by atoms with E-state index >= 15 is 0 Å². The van der Waals surface area contributed by atoms with Crippen LogP contribution in [0.3, 0.4) is 0 Å². The van der Waals surface area contributed by atoms with Crippen LogP contribution in [0.4, 0.5) is 0 Å². The van der Waals surface area contributed by atoms with Crippen LogP contribution in [0.2, 0.25) is 0 Å². The number of Topliss-reactive ketones (excluding diaryl/α,β-unsaturated/α-hetero) is 1. The van der Waals surface area contributed by atoms with Crippen LogP contribution in [-0.4, -0.2) is 11.8 Å². The van der Waals surface area contributed by atoms with E-state index in [0.29, 0.717) is 12.3 Å². The first-order chi connectivity index (χ1) is 5.24. The van der Waals surface area contributed by atoms with E-state index in [-0.39, 0.29) is 18.2 Å². The van der Waals surface area contributed by atoms with E-state index < -0.39 is 0 Å². The highest BCUT2D eigenvalue weighted by Crippen LogP contribution is 2.32. The van der Waals surface area contributed by atoms with Gasteiger partial charge in [-0.05, 0) is 18.8 Å². The Morgan fingerprint density at radius 3 is 2.82 bits per heavy atom. The Hall–Kier alpha value is -0.810. The quantitative estimate of drug-likeness (QED) is 0.601. The third kappa shape index (κ3) is 2.73. The minimum atomic E-state index is 0.0656. The summed E-state index contributed by atoms with van der Waals surface area (Å²) < 4.78 is 0. The van der Waals surface area contributed by atoms with Gasteiger partial charge in [-0.3, -0.25) is 4.79 Å². The van der Waals surface area contributed by atoms with Gasteiger partial charge < -0.3 is 5.73 Å². The Bertz CT molecular complexity index is 188. The third-order valence-corrected chi connectivity index (χ3v) is 1.99. The molecule has 1 aliphatic rings.